The Kier molecular flexibility index (Phi) is 5.44. The van der Waals surface area contributed by atoms with Crippen molar-refractivity contribution < 1.29 is 18.9 Å². The summed E-state index contributed by atoms with van der Waals surface area (Å²) in [5.41, 5.74) is 1.11. The maximum atomic E-state index is 12.5. The zero-order chi connectivity index (χ0) is 20.3. The second-order valence-corrected chi connectivity index (χ2v) is 6.16. The zero-order valence-electron chi connectivity index (χ0n) is 15.4. The summed E-state index contributed by atoms with van der Waals surface area (Å²) in [4.78, 5) is 34.9. The molecule has 9 nitrogen and oxygen atoms in total. The quantitative estimate of drug-likeness (QED) is 0.494. The Bertz CT molecular complexity index is 1070. The van der Waals surface area contributed by atoms with E-state index < -0.39 is 10.7 Å². The van der Waals surface area contributed by atoms with Crippen molar-refractivity contribution in [1.29, 1.82) is 0 Å². The fourth-order valence-corrected chi connectivity index (χ4v) is 2.96. The molecule has 0 saturated heterocycles. The van der Waals surface area contributed by atoms with E-state index in [1.807, 2.05) is 31.2 Å². The Morgan fingerprint density at radius 1 is 1.29 bits per heavy atom. The molecule has 28 heavy (non-hydrogen) atoms. The molecule has 146 valence electrons. The molecule has 0 fully saturated rings. The molecule has 1 N–H and O–H groups in total. The van der Waals surface area contributed by atoms with Crippen molar-refractivity contribution in [2.75, 3.05) is 7.11 Å². The molecule has 2 aromatic carbocycles. The molecular formula is C19H19N3O6. The average molecular weight is 385 g/mol. The van der Waals surface area contributed by atoms with E-state index in [0.717, 1.165) is 21.9 Å². The van der Waals surface area contributed by atoms with Crippen LogP contribution >= 0.6 is 0 Å². The van der Waals surface area contributed by atoms with E-state index in [4.69, 9.17) is 9.15 Å². The van der Waals surface area contributed by atoms with Crippen LogP contribution in [-0.2, 0) is 11.3 Å². The Balaban J connectivity index is 1.79. The number of amides is 1. The van der Waals surface area contributed by atoms with Gasteiger partial charge in [-0.2, -0.15) is 0 Å². The van der Waals surface area contributed by atoms with E-state index in [2.05, 4.69) is 5.32 Å². The lowest BCUT2D eigenvalue weighted by atomic mass is 10.0. The number of hydrogen-bond donors (Lipinski definition) is 1. The van der Waals surface area contributed by atoms with Gasteiger partial charge in [0.05, 0.1) is 29.7 Å². The van der Waals surface area contributed by atoms with E-state index in [9.17, 15) is 19.7 Å². The summed E-state index contributed by atoms with van der Waals surface area (Å²) in [6.07, 6.45) is 0.658. The molecule has 3 aromatic rings. The zero-order valence-corrected chi connectivity index (χ0v) is 15.4. The number of carbonyl (C=O) groups is 1. The van der Waals surface area contributed by atoms with Gasteiger partial charge in [0.2, 0.25) is 5.91 Å². The van der Waals surface area contributed by atoms with E-state index in [1.165, 1.54) is 12.1 Å². The summed E-state index contributed by atoms with van der Waals surface area (Å²) in [6, 6.07) is 10.9. The monoisotopic (exact) mass is 385 g/mol. The summed E-state index contributed by atoms with van der Waals surface area (Å²) in [7, 11) is 1.58. The van der Waals surface area contributed by atoms with Gasteiger partial charge in [0.25, 0.3) is 5.69 Å². The van der Waals surface area contributed by atoms with Crippen molar-refractivity contribution in [3.8, 4) is 5.75 Å². The van der Waals surface area contributed by atoms with Crippen LogP contribution in [0.2, 0.25) is 0 Å². The van der Waals surface area contributed by atoms with Gasteiger partial charge in [0.15, 0.2) is 5.58 Å². The van der Waals surface area contributed by atoms with Crippen LogP contribution in [0.25, 0.3) is 11.1 Å². The minimum Gasteiger partial charge on any atom is -0.497 e. The Hall–Kier alpha value is -3.62. The minimum atomic E-state index is -0.747. The highest BCUT2D eigenvalue weighted by Gasteiger charge is 2.18. The Morgan fingerprint density at radius 2 is 2.00 bits per heavy atom. The lowest BCUT2D eigenvalue weighted by molar-refractivity contribution is -0.384. The largest absolute Gasteiger partial charge is 0.497 e. The number of methoxy groups -OCH3 is 1. The first-order valence-corrected chi connectivity index (χ1v) is 8.64. The number of rotatable bonds is 7. The van der Waals surface area contributed by atoms with E-state index >= 15 is 0 Å². The highest BCUT2D eigenvalue weighted by atomic mass is 16.6. The molecule has 1 amide bonds. The predicted molar refractivity (Wildman–Crippen MR) is 101 cm³/mol. The predicted octanol–water partition coefficient (Wildman–Crippen LogP) is 2.78. The van der Waals surface area contributed by atoms with E-state index in [0.29, 0.717) is 11.9 Å². The maximum absolute atomic E-state index is 12.5. The molecule has 0 radical (unpaired) electrons. The van der Waals surface area contributed by atoms with Crippen LogP contribution < -0.4 is 15.8 Å². The van der Waals surface area contributed by atoms with Gasteiger partial charge >= 0.3 is 5.76 Å². The first-order valence-electron chi connectivity index (χ1n) is 8.64. The Labute approximate surface area is 159 Å². The summed E-state index contributed by atoms with van der Waals surface area (Å²) in [6.45, 7) is 1.68. The molecule has 0 aliphatic rings. The van der Waals surface area contributed by atoms with Crippen molar-refractivity contribution in [3.63, 3.8) is 0 Å². The van der Waals surface area contributed by atoms with Gasteiger partial charge in [-0.1, -0.05) is 19.1 Å². The fourth-order valence-electron chi connectivity index (χ4n) is 2.96. The van der Waals surface area contributed by atoms with Crippen LogP contribution in [0.1, 0.15) is 24.9 Å². The number of nitro groups is 1. The van der Waals surface area contributed by atoms with Gasteiger partial charge in [-0.15, -0.1) is 0 Å². The number of benzene rings is 2. The smallest absolute Gasteiger partial charge is 0.420 e. The topological polar surface area (TPSA) is 117 Å². The molecule has 1 heterocycles. The minimum absolute atomic E-state index is 0.0641. The normalized spacial score (nSPS) is 11.9. The second kappa shape index (κ2) is 7.95. The standard InChI is InChI=1S/C19H19N3O6/c1-3-15(12-4-7-14(27-2)8-5-12)20-18(23)11-21-16-9-6-13(22(25)26)10-17(16)28-19(21)24/h4-10,15H,3,11H2,1-2H3,(H,20,23). The summed E-state index contributed by atoms with van der Waals surface area (Å²) < 4.78 is 11.3. The third kappa shape index (κ3) is 3.88. The highest BCUT2D eigenvalue weighted by Crippen LogP contribution is 2.21. The van der Waals surface area contributed by atoms with Gasteiger partial charge in [-0.25, -0.2) is 4.79 Å². The number of carbonyl (C=O) groups excluding carboxylic acids is 1. The fraction of sp³-hybridized carbons (Fsp3) is 0.263. The summed E-state index contributed by atoms with van der Waals surface area (Å²) >= 11 is 0. The number of aromatic nitrogens is 1. The molecule has 1 atom stereocenters. The molecule has 0 aliphatic carbocycles. The van der Waals surface area contributed by atoms with Crippen molar-refractivity contribution >= 4 is 22.7 Å². The van der Waals surface area contributed by atoms with Crippen LogP contribution in [0.5, 0.6) is 5.75 Å². The molecule has 3 rings (SSSR count). The van der Waals surface area contributed by atoms with Gasteiger partial charge in [-0.05, 0) is 30.2 Å². The van der Waals surface area contributed by atoms with Crippen molar-refractivity contribution in [3.05, 3.63) is 68.7 Å². The molecule has 1 aromatic heterocycles. The van der Waals surface area contributed by atoms with Gasteiger partial charge in [-0.3, -0.25) is 19.5 Å². The number of nitrogens with zero attached hydrogens (tertiary/aromatic N) is 2. The molecule has 1 unspecified atom stereocenters. The van der Waals surface area contributed by atoms with Crippen LogP contribution in [0.3, 0.4) is 0 Å². The van der Waals surface area contributed by atoms with Crippen LogP contribution in [0, 0.1) is 10.1 Å². The van der Waals surface area contributed by atoms with Gasteiger partial charge in [0, 0.05) is 6.07 Å². The average Bonchev–Trinajstić information content (AvgIpc) is 3.00. The van der Waals surface area contributed by atoms with Crippen molar-refractivity contribution in [2.24, 2.45) is 0 Å². The van der Waals surface area contributed by atoms with Crippen LogP contribution in [0.4, 0.5) is 5.69 Å². The lowest BCUT2D eigenvalue weighted by Crippen LogP contribution is -2.33. The molecule has 0 saturated carbocycles. The number of oxazole rings is 1. The number of ether oxygens (including phenoxy) is 1. The van der Waals surface area contributed by atoms with E-state index in [1.54, 1.807) is 7.11 Å². The van der Waals surface area contributed by atoms with Gasteiger partial charge < -0.3 is 14.5 Å². The van der Waals surface area contributed by atoms with Gasteiger partial charge in [0.1, 0.15) is 12.3 Å². The van der Waals surface area contributed by atoms with E-state index in [-0.39, 0.29) is 29.8 Å². The second-order valence-electron chi connectivity index (χ2n) is 6.16. The van der Waals surface area contributed by atoms with Crippen molar-refractivity contribution in [2.45, 2.75) is 25.9 Å². The number of nitro benzene ring substituents is 1. The first kappa shape index (κ1) is 19.2. The van der Waals surface area contributed by atoms with Crippen LogP contribution in [0.15, 0.2) is 51.7 Å². The summed E-state index contributed by atoms with van der Waals surface area (Å²) in [5, 5.41) is 13.7. The molecule has 9 heteroatoms. The Morgan fingerprint density at radius 3 is 2.61 bits per heavy atom. The molecular weight excluding hydrogens is 366 g/mol. The highest BCUT2D eigenvalue weighted by molar-refractivity contribution is 5.80. The number of nitrogens with one attached hydrogen (secondary N) is 1. The SMILES string of the molecule is CCC(NC(=O)Cn1c(=O)oc2cc([N+](=O)[O-])ccc21)c1ccc(OC)cc1. The number of non-ortho nitro benzene ring substituents is 1. The van der Waals surface area contributed by atoms with Crippen LogP contribution in [-0.4, -0.2) is 22.5 Å². The summed E-state index contributed by atoms with van der Waals surface area (Å²) in [5.74, 6) is -0.399. The third-order valence-electron chi connectivity index (χ3n) is 4.43. The molecule has 0 bridgehead atoms. The third-order valence-corrected chi connectivity index (χ3v) is 4.43. The first-order chi connectivity index (χ1) is 13.4. The number of hydrogen-bond acceptors (Lipinski definition) is 6. The maximum Gasteiger partial charge on any atom is 0.420 e. The number of fused-ring (bicyclic) bond motifs is 1. The molecule has 0 spiro atoms. The lowest BCUT2D eigenvalue weighted by Gasteiger charge is -2.18. The molecule has 0 aliphatic heterocycles. The van der Waals surface area contributed by atoms with Crippen molar-refractivity contribution in [1.82, 2.24) is 9.88 Å².